The van der Waals surface area contributed by atoms with E-state index in [1.807, 2.05) is 0 Å². The van der Waals surface area contributed by atoms with E-state index >= 15 is 0 Å². The molecule has 1 aromatic rings. The molecule has 6 aliphatic rings. The fourth-order valence-corrected chi connectivity index (χ4v) is 7.42. The summed E-state index contributed by atoms with van der Waals surface area (Å²) in [4.78, 5) is 19.5. The van der Waals surface area contributed by atoms with Crippen molar-refractivity contribution in [1.29, 1.82) is 0 Å². The summed E-state index contributed by atoms with van der Waals surface area (Å²) in [6, 6.07) is 0.306. The molecule has 5 atom stereocenters. The normalized spacial score (nSPS) is 36.8. The molecule has 4 saturated carbocycles. The van der Waals surface area contributed by atoms with E-state index in [9.17, 15) is 9.90 Å². The Morgan fingerprint density at radius 3 is 2.63 bits per heavy atom. The zero-order chi connectivity index (χ0) is 20.5. The second kappa shape index (κ2) is 6.79. The molecule has 30 heavy (non-hydrogen) atoms. The lowest BCUT2D eigenvalue weighted by Crippen LogP contribution is -2.59. The number of aromatic nitrogens is 1. The summed E-state index contributed by atoms with van der Waals surface area (Å²) in [6.45, 7) is 3.21. The van der Waals surface area contributed by atoms with Crippen LogP contribution >= 0.6 is 0 Å². The van der Waals surface area contributed by atoms with Crippen molar-refractivity contribution < 1.29 is 9.90 Å². The molecule has 1 aromatic heterocycles. The van der Waals surface area contributed by atoms with E-state index in [0.29, 0.717) is 29.4 Å². The van der Waals surface area contributed by atoms with Gasteiger partial charge in [0.15, 0.2) is 0 Å². The Balaban J connectivity index is 1.35. The number of hydrogen-bond acceptors (Lipinski definition) is 5. The first-order chi connectivity index (χ1) is 14.5. The number of carbonyl (C=O) groups excluding carboxylic acids is 1. The van der Waals surface area contributed by atoms with Crippen molar-refractivity contribution in [2.75, 3.05) is 25.0 Å². The molecule has 4 N–H and O–H groups in total. The molecular weight excluding hydrogens is 376 g/mol. The third-order valence-corrected chi connectivity index (χ3v) is 8.43. The molecule has 160 valence electrons. The number of aliphatic hydroxyl groups is 1. The van der Waals surface area contributed by atoms with Crippen molar-refractivity contribution in [2.45, 2.75) is 63.0 Å². The zero-order valence-electron chi connectivity index (χ0n) is 17.6. The second-order valence-corrected chi connectivity index (χ2v) is 10.5. The number of allylic oxidation sites excluding steroid dienone is 1. The number of nitrogens with zero attached hydrogens (tertiary/aromatic N) is 2. The molecule has 0 spiro atoms. The summed E-state index contributed by atoms with van der Waals surface area (Å²) in [5, 5.41) is 14.8. The molecule has 1 saturated heterocycles. The number of fused-ring (bicyclic) bond motifs is 1. The first-order valence-corrected chi connectivity index (χ1v) is 11.7. The van der Waals surface area contributed by atoms with Crippen LogP contribution in [0, 0.1) is 17.8 Å². The number of pyridine rings is 1. The molecule has 1 aliphatic heterocycles. The summed E-state index contributed by atoms with van der Waals surface area (Å²) in [7, 11) is 0. The fraction of sp³-hybridized carbons (Fsp3) is 0.667. The van der Waals surface area contributed by atoms with Gasteiger partial charge in [0.1, 0.15) is 0 Å². The Bertz CT molecular complexity index is 904. The maximum Gasteiger partial charge on any atom is 0.252 e. The van der Waals surface area contributed by atoms with Crippen LogP contribution in [0.1, 0.15) is 66.6 Å². The molecular formula is C24H32N4O2. The van der Waals surface area contributed by atoms with Crippen LogP contribution in [0.4, 0.5) is 5.69 Å². The Morgan fingerprint density at radius 1 is 1.23 bits per heavy atom. The van der Waals surface area contributed by atoms with Gasteiger partial charge < -0.3 is 16.2 Å². The second-order valence-electron chi connectivity index (χ2n) is 10.5. The van der Waals surface area contributed by atoms with Gasteiger partial charge in [-0.15, -0.1) is 0 Å². The van der Waals surface area contributed by atoms with Crippen molar-refractivity contribution in [1.82, 2.24) is 9.88 Å². The summed E-state index contributed by atoms with van der Waals surface area (Å²) < 4.78 is 0. The van der Waals surface area contributed by atoms with E-state index in [1.165, 1.54) is 31.3 Å². The Morgan fingerprint density at radius 2 is 1.97 bits per heavy atom. The molecule has 6 heteroatoms. The Labute approximate surface area is 177 Å². The summed E-state index contributed by atoms with van der Waals surface area (Å²) >= 11 is 0. The lowest BCUT2D eigenvalue weighted by Gasteiger charge is -2.58. The zero-order valence-corrected chi connectivity index (χ0v) is 17.6. The monoisotopic (exact) mass is 408 g/mol. The highest BCUT2D eigenvalue weighted by Gasteiger charge is 2.55. The molecule has 7 rings (SSSR count). The first-order valence-electron chi connectivity index (χ1n) is 11.7. The fourth-order valence-electron chi connectivity index (χ4n) is 7.42. The van der Waals surface area contributed by atoms with E-state index in [2.05, 4.69) is 21.3 Å². The van der Waals surface area contributed by atoms with Crippen LogP contribution in [0.3, 0.4) is 0 Å². The first kappa shape index (κ1) is 18.8. The summed E-state index contributed by atoms with van der Waals surface area (Å²) in [5.74, 6) is 1.19. The van der Waals surface area contributed by atoms with Gasteiger partial charge in [-0.25, -0.2) is 0 Å². The maximum atomic E-state index is 12.3. The molecule has 2 heterocycles. The van der Waals surface area contributed by atoms with E-state index in [1.54, 1.807) is 6.20 Å². The van der Waals surface area contributed by atoms with Crippen LogP contribution in [-0.4, -0.2) is 52.2 Å². The molecule has 0 aromatic carbocycles. The molecule has 5 fully saturated rings. The molecule has 0 radical (unpaired) electrons. The van der Waals surface area contributed by atoms with Crippen molar-refractivity contribution in [2.24, 2.45) is 23.5 Å². The van der Waals surface area contributed by atoms with E-state index < -0.39 is 11.5 Å². The quantitative estimate of drug-likeness (QED) is 0.697. The summed E-state index contributed by atoms with van der Waals surface area (Å²) in [6.07, 6.45) is 12.4. The largest absolute Gasteiger partial charge is 0.390 e. The molecule has 4 bridgehead atoms. The SMILES string of the molecule is NC(=O)c1cnc2c(c1NC1[C@@H]3CC4C[C@H]1CC(O)(C4)C3)C(CN1CCCC1)=CC2. The summed E-state index contributed by atoms with van der Waals surface area (Å²) in [5.41, 5.74) is 10.2. The average molecular weight is 409 g/mol. The van der Waals surface area contributed by atoms with E-state index in [4.69, 9.17) is 5.73 Å². The van der Waals surface area contributed by atoms with Gasteiger partial charge in [0, 0.05) is 30.8 Å². The number of carbonyl (C=O) groups is 1. The number of hydrogen-bond donors (Lipinski definition) is 3. The van der Waals surface area contributed by atoms with Gasteiger partial charge in [-0.3, -0.25) is 14.7 Å². The molecule has 5 aliphatic carbocycles. The van der Waals surface area contributed by atoms with Gasteiger partial charge >= 0.3 is 0 Å². The van der Waals surface area contributed by atoms with Crippen LogP contribution in [0.25, 0.3) is 5.57 Å². The lowest BCUT2D eigenvalue weighted by atomic mass is 9.52. The average Bonchev–Trinajstić information content (AvgIpc) is 3.34. The van der Waals surface area contributed by atoms with Gasteiger partial charge in [-0.1, -0.05) is 6.08 Å². The topological polar surface area (TPSA) is 91.5 Å². The minimum Gasteiger partial charge on any atom is -0.390 e. The van der Waals surface area contributed by atoms with Gasteiger partial charge in [0.05, 0.1) is 22.5 Å². The number of nitrogens with two attached hydrogens (primary N) is 1. The highest BCUT2D eigenvalue weighted by molar-refractivity contribution is 6.02. The Kier molecular flexibility index (Phi) is 4.26. The van der Waals surface area contributed by atoms with Crippen molar-refractivity contribution >= 4 is 17.2 Å². The lowest BCUT2D eigenvalue weighted by molar-refractivity contribution is -0.129. The van der Waals surface area contributed by atoms with Crippen molar-refractivity contribution in [3.63, 3.8) is 0 Å². The van der Waals surface area contributed by atoms with Crippen molar-refractivity contribution in [3.05, 3.63) is 29.1 Å². The van der Waals surface area contributed by atoms with Crippen LogP contribution in [0.2, 0.25) is 0 Å². The predicted molar refractivity (Wildman–Crippen MR) is 116 cm³/mol. The number of primary amides is 1. The number of rotatable bonds is 5. The van der Waals surface area contributed by atoms with Crippen LogP contribution in [0.15, 0.2) is 12.3 Å². The van der Waals surface area contributed by atoms with E-state index in [0.717, 1.165) is 62.3 Å². The van der Waals surface area contributed by atoms with Gasteiger partial charge in [-0.2, -0.15) is 0 Å². The minimum absolute atomic E-state index is 0.306. The third kappa shape index (κ3) is 2.99. The standard InChI is InChI=1S/C24H32N4O2/c25-23(29)18-12-26-19-4-3-15(13-28-5-1-2-6-28)20(19)22(18)27-21-16-7-14-8-17(21)11-24(30,9-14)10-16/h3,12,14,16-17,21,30H,1-2,4-11,13H2,(H2,25,29)(H,26,27)/t14?,16-,17+,21?,24?. The third-order valence-electron chi connectivity index (χ3n) is 8.43. The highest BCUT2D eigenvalue weighted by atomic mass is 16.3. The van der Waals surface area contributed by atoms with Gasteiger partial charge in [-0.05, 0) is 81.4 Å². The van der Waals surface area contributed by atoms with Crippen LogP contribution in [0.5, 0.6) is 0 Å². The van der Waals surface area contributed by atoms with Crippen LogP contribution < -0.4 is 11.1 Å². The highest BCUT2D eigenvalue weighted by Crippen LogP contribution is 2.56. The number of nitrogens with one attached hydrogen (secondary N) is 1. The van der Waals surface area contributed by atoms with Crippen LogP contribution in [-0.2, 0) is 6.42 Å². The van der Waals surface area contributed by atoms with Gasteiger partial charge in [0.25, 0.3) is 5.91 Å². The van der Waals surface area contributed by atoms with Crippen molar-refractivity contribution in [3.8, 4) is 0 Å². The number of likely N-dealkylation sites (tertiary alicyclic amines) is 1. The maximum absolute atomic E-state index is 12.3. The molecule has 1 amide bonds. The molecule has 3 unspecified atom stereocenters. The number of amides is 1. The predicted octanol–water partition coefficient (Wildman–Crippen LogP) is 2.57. The van der Waals surface area contributed by atoms with E-state index in [-0.39, 0.29) is 0 Å². The van der Waals surface area contributed by atoms with Gasteiger partial charge in [0.2, 0.25) is 0 Å². The molecule has 6 nitrogen and oxygen atoms in total. The Hall–Kier alpha value is -1.92. The number of anilines is 1. The smallest absolute Gasteiger partial charge is 0.252 e. The minimum atomic E-state index is -0.456.